The molecule has 6 heteroatoms. The van der Waals surface area contributed by atoms with Gasteiger partial charge in [0.05, 0.1) is 6.61 Å². The summed E-state index contributed by atoms with van der Waals surface area (Å²) in [6, 6.07) is 5.88. The number of hydrogen-bond donors (Lipinski definition) is 3. The highest BCUT2D eigenvalue weighted by Gasteiger charge is 1.96. The number of pyridine rings is 1. The number of hydrogen-bond acceptors (Lipinski definition) is 4. The van der Waals surface area contributed by atoms with Crippen molar-refractivity contribution in [2.75, 3.05) is 44.7 Å². The van der Waals surface area contributed by atoms with E-state index in [9.17, 15) is 0 Å². The maximum atomic E-state index is 5.30. The molecule has 1 heterocycles. The molecule has 0 bridgehead atoms. The van der Waals surface area contributed by atoms with Gasteiger partial charge in [0.1, 0.15) is 5.82 Å². The number of ether oxygens (including phenoxy) is 1. The van der Waals surface area contributed by atoms with Crippen LogP contribution in [0.4, 0.5) is 5.82 Å². The van der Waals surface area contributed by atoms with Crippen LogP contribution in [-0.4, -0.2) is 50.3 Å². The lowest BCUT2D eigenvalue weighted by molar-refractivity contribution is 0.152. The number of aromatic nitrogens is 1. The van der Waals surface area contributed by atoms with Crippen LogP contribution in [0.5, 0.6) is 0 Å². The van der Waals surface area contributed by atoms with Crippen molar-refractivity contribution >= 4 is 11.8 Å². The van der Waals surface area contributed by atoms with Crippen molar-refractivity contribution in [2.45, 2.75) is 26.7 Å². The fourth-order valence-electron chi connectivity index (χ4n) is 1.84. The summed E-state index contributed by atoms with van der Waals surface area (Å²) in [7, 11) is 0. The minimum absolute atomic E-state index is 0.703. The van der Waals surface area contributed by atoms with Gasteiger partial charge in [0.15, 0.2) is 5.96 Å². The highest BCUT2D eigenvalue weighted by molar-refractivity contribution is 5.79. The van der Waals surface area contributed by atoms with Gasteiger partial charge in [0, 0.05) is 39.0 Å². The molecule has 1 aromatic heterocycles. The third-order valence-electron chi connectivity index (χ3n) is 2.91. The Balaban J connectivity index is 2.12. The number of anilines is 1. The van der Waals surface area contributed by atoms with Gasteiger partial charge in [-0.05, 0) is 38.8 Å². The van der Waals surface area contributed by atoms with E-state index in [0.29, 0.717) is 6.61 Å². The van der Waals surface area contributed by atoms with Crippen molar-refractivity contribution in [2.24, 2.45) is 4.99 Å². The zero-order valence-corrected chi connectivity index (χ0v) is 13.8. The molecule has 0 aromatic carbocycles. The van der Waals surface area contributed by atoms with Crippen LogP contribution in [-0.2, 0) is 4.74 Å². The minimum atomic E-state index is 0.703. The summed E-state index contributed by atoms with van der Waals surface area (Å²) >= 11 is 0. The molecule has 0 spiro atoms. The molecular formula is C16H29N5O. The van der Waals surface area contributed by atoms with Crippen LogP contribution < -0.4 is 16.0 Å². The highest BCUT2D eigenvalue weighted by Crippen LogP contribution is 2.00. The second kappa shape index (κ2) is 12.9. The molecule has 22 heavy (non-hydrogen) atoms. The SMILES string of the molecule is CCNC(=NCCCCNc1ccccn1)NCCOCC. The molecule has 0 aliphatic rings. The number of aliphatic imine (C=N–C) groups is 1. The Hall–Kier alpha value is -1.82. The summed E-state index contributed by atoms with van der Waals surface area (Å²) in [5.74, 6) is 1.79. The number of guanidine groups is 1. The molecule has 0 amide bonds. The van der Waals surface area contributed by atoms with Crippen molar-refractivity contribution in [1.29, 1.82) is 0 Å². The van der Waals surface area contributed by atoms with E-state index in [2.05, 4.69) is 32.9 Å². The van der Waals surface area contributed by atoms with E-state index in [1.165, 1.54) is 0 Å². The molecule has 0 fully saturated rings. The third-order valence-corrected chi connectivity index (χ3v) is 2.91. The molecule has 0 radical (unpaired) electrons. The molecule has 6 nitrogen and oxygen atoms in total. The Morgan fingerprint density at radius 3 is 2.82 bits per heavy atom. The lowest BCUT2D eigenvalue weighted by Gasteiger charge is -2.11. The molecule has 0 atom stereocenters. The normalized spacial score (nSPS) is 11.3. The molecule has 0 saturated carbocycles. The Morgan fingerprint density at radius 1 is 1.18 bits per heavy atom. The Bertz CT molecular complexity index is 397. The van der Waals surface area contributed by atoms with Gasteiger partial charge in [-0.3, -0.25) is 4.99 Å². The molecule has 1 aromatic rings. The molecular weight excluding hydrogens is 278 g/mol. The topological polar surface area (TPSA) is 70.6 Å². The second-order valence-corrected chi connectivity index (χ2v) is 4.73. The van der Waals surface area contributed by atoms with Crippen LogP contribution in [0.25, 0.3) is 0 Å². The van der Waals surface area contributed by atoms with Crippen molar-refractivity contribution in [3.8, 4) is 0 Å². The van der Waals surface area contributed by atoms with Crippen molar-refractivity contribution < 1.29 is 4.74 Å². The highest BCUT2D eigenvalue weighted by atomic mass is 16.5. The van der Waals surface area contributed by atoms with Gasteiger partial charge >= 0.3 is 0 Å². The number of rotatable bonds is 11. The van der Waals surface area contributed by atoms with Crippen LogP contribution in [0.15, 0.2) is 29.4 Å². The van der Waals surface area contributed by atoms with E-state index in [0.717, 1.165) is 57.4 Å². The predicted molar refractivity (Wildman–Crippen MR) is 92.4 cm³/mol. The van der Waals surface area contributed by atoms with Gasteiger partial charge in [-0.25, -0.2) is 4.98 Å². The maximum absolute atomic E-state index is 5.30. The van der Waals surface area contributed by atoms with Crippen molar-refractivity contribution in [1.82, 2.24) is 15.6 Å². The second-order valence-electron chi connectivity index (χ2n) is 4.73. The predicted octanol–water partition coefficient (Wildman–Crippen LogP) is 1.87. The molecule has 0 unspecified atom stereocenters. The summed E-state index contributed by atoms with van der Waals surface area (Å²) in [5.41, 5.74) is 0. The van der Waals surface area contributed by atoms with Gasteiger partial charge in [-0.15, -0.1) is 0 Å². The fourth-order valence-corrected chi connectivity index (χ4v) is 1.84. The van der Waals surface area contributed by atoms with E-state index in [1.807, 2.05) is 25.1 Å². The van der Waals surface area contributed by atoms with E-state index in [1.54, 1.807) is 6.20 Å². The fraction of sp³-hybridized carbons (Fsp3) is 0.625. The summed E-state index contributed by atoms with van der Waals surface area (Å²) < 4.78 is 5.30. The minimum Gasteiger partial charge on any atom is -0.380 e. The largest absolute Gasteiger partial charge is 0.380 e. The summed E-state index contributed by atoms with van der Waals surface area (Å²) in [4.78, 5) is 8.78. The van der Waals surface area contributed by atoms with Crippen LogP contribution in [0, 0.1) is 0 Å². The first-order valence-corrected chi connectivity index (χ1v) is 8.11. The first-order chi connectivity index (χ1) is 10.9. The standard InChI is InChI=1S/C16H29N5O/c1-3-17-16(21-13-14-22-4-2)20-12-8-7-11-19-15-9-5-6-10-18-15/h5-6,9-10H,3-4,7-8,11-14H2,1-2H3,(H,18,19)(H2,17,20,21). The summed E-state index contributed by atoms with van der Waals surface area (Å²) in [5, 5.41) is 9.79. The first kappa shape index (κ1) is 18.2. The zero-order valence-electron chi connectivity index (χ0n) is 13.8. The van der Waals surface area contributed by atoms with Crippen LogP contribution in [0.1, 0.15) is 26.7 Å². The monoisotopic (exact) mass is 307 g/mol. The van der Waals surface area contributed by atoms with Crippen LogP contribution in [0.2, 0.25) is 0 Å². The van der Waals surface area contributed by atoms with E-state index in [4.69, 9.17) is 4.74 Å². The van der Waals surface area contributed by atoms with Gasteiger partial charge in [-0.2, -0.15) is 0 Å². The average molecular weight is 307 g/mol. The lowest BCUT2D eigenvalue weighted by atomic mass is 10.3. The van der Waals surface area contributed by atoms with Crippen LogP contribution in [0.3, 0.4) is 0 Å². The van der Waals surface area contributed by atoms with Gasteiger partial charge < -0.3 is 20.7 Å². The maximum Gasteiger partial charge on any atom is 0.191 e. The molecule has 0 aliphatic carbocycles. The number of nitrogens with zero attached hydrogens (tertiary/aromatic N) is 2. The average Bonchev–Trinajstić information content (AvgIpc) is 2.55. The smallest absolute Gasteiger partial charge is 0.191 e. The Kier molecular flexibility index (Phi) is 10.7. The molecule has 0 saturated heterocycles. The van der Waals surface area contributed by atoms with E-state index >= 15 is 0 Å². The summed E-state index contributed by atoms with van der Waals surface area (Å²) in [6.45, 7) is 8.89. The van der Waals surface area contributed by atoms with Crippen LogP contribution >= 0.6 is 0 Å². The molecule has 0 aliphatic heterocycles. The lowest BCUT2D eigenvalue weighted by Crippen LogP contribution is -2.39. The molecule has 3 N–H and O–H groups in total. The Morgan fingerprint density at radius 2 is 2.09 bits per heavy atom. The van der Waals surface area contributed by atoms with Gasteiger partial charge in [0.25, 0.3) is 0 Å². The van der Waals surface area contributed by atoms with E-state index in [-0.39, 0.29) is 0 Å². The Labute approximate surface area is 133 Å². The van der Waals surface area contributed by atoms with Gasteiger partial charge in [0.2, 0.25) is 0 Å². The quantitative estimate of drug-likeness (QED) is 0.331. The van der Waals surface area contributed by atoms with Gasteiger partial charge in [-0.1, -0.05) is 6.07 Å². The summed E-state index contributed by atoms with van der Waals surface area (Å²) in [6.07, 6.45) is 3.91. The van der Waals surface area contributed by atoms with Crippen molar-refractivity contribution in [3.63, 3.8) is 0 Å². The van der Waals surface area contributed by atoms with Crippen molar-refractivity contribution in [3.05, 3.63) is 24.4 Å². The molecule has 1 rings (SSSR count). The zero-order chi connectivity index (χ0) is 15.9. The third kappa shape index (κ3) is 9.18. The molecule has 124 valence electrons. The number of nitrogens with one attached hydrogen (secondary N) is 3. The van der Waals surface area contributed by atoms with E-state index < -0.39 is 0 Å². The first-order valence-electron chi connectivity index (χ1n) is 8.11. The number of unbranched alkanes of at least 4 members (excludes halogenated alkanes) is 1.